The van der Waals surface area contributed by atoms with Gasteiger partial charge < -0.3 is 10.0 Å². The molecule has 120 valence electrons. The van der Waals surface area contributed by atoms with E-state index in [9.17, 15) is 5.11 Å². The van der Waals surface area contributed by atoms with Gasteiger partial charge in [-0.3, -0.25) is 4.90 Å². The van der Waals surface area contributed by atoms with Crippen molar-refractivity contribution in [3.05, 3.63) is 27.7 Å². The van der Waals surface area contributed by atoms with Crippen LogP contribution in [0.3, 0.4) is 0 Å². The molecule has 0 spiro atoms. The molecule has 1 aromatic rings. The van der Waals surface area contributed by atoms with E-state index < -0.39 is 0 Å². The van der Waals surface area contributed by atoms with E-state index in [4.69, 9.17) is 23.2 Å². The number of halogens is 2. The van der Waals surface area contributed by atoms with Crippen molar-refractivity contribution < 1.29 is 5.11 Å². The minimum atomic E-state index is 0.142. The minimum Gasteiger partial charge on any atom is -0.506 e. The fourth-order valence-electron chi connectivity index (χ4n) is 2.39. The van der Waals surface area contributed by atoms with E-state index in [0.29, 0.717) is 16.6 Å². The molecule has 0 amide bonds. The summed E-state index contributed by atoms with van der Waals surface area (Å²) in [6, 6.07) is 3.36. The summed E-state index contributed by atoms with van der Waals surface area (Å²) in [5.41, 5.74) is 0.789. The van der Waals surface area contributed by atoms with Gasteiger partial charge in [0, 0.05) is 17.1 Å². The van der Waals surface area contributed by atoms with Gasteiger partial charge in [-0.1, -0.05) is 44.0 Å². The molecule has 0 fully saturated rings. The Labute approximate surface area is 138 Å². The van der Waals surface area contributed by atoms with Crippen molar-refractivity contribution in [3.63, 3.8) is 0 Å². The maximum absolute atomic E-state index is 10.0. The molecule has 1 rings (SSSR count). The Bertz CT molecular complexity index is 437. The summed E-state index contributed by atoms with van der Waals surface area (Å²) < 4.78 is 0. The number of hydrogen-bond donors (Lipinski definition) is 1. The van der Waals surface area contributed by atoms with E-state index in [-0.39, 0.29) is 5.75 Å². The van der Waals surface area contributed by atoms with E-state index in [0.717, 1.165) is 44.7 Å². The zero-order valence-corrected chi connectivity index (χ0v) is 14.7. The molecule has 0 atom stereocenters. The van der Waals surface area contributed by atoms with E-state index in [1.54, 1.807) is 12.1 Å². The Hall–Kier alpha value is -0.480. The molecule has 21 heavy (non-hydrogen) atoms. The van der Waals surface area contributed by atoms with Crippen molar-refractivity contribution in [3.8, 4) is 5.75 Å². The van der Waals surface area contributed by atoms with E-state index in [1.807, 2.05) is 0 Å². The summed E-state index contributed by atoms with van der Waals surface area (Å²) >= 11 is 12.0. The summed E-state index contributed by atoms with van der Waals surface area (Å²) in [7, 11) is 0. The van der Waals surface area contributed by atoms with E-state index in [2.05, 4.69) is 30.6 Å². The third-order valence-electron chi connectivity index (χ3n) is 3.79. The van der Waals surface area contributed by atoms with Gasteiger partial charge in [0.25, 0.3) is 0 Å². The second-order valence-corrected chi connectivity index (χ2v) is 5.99. The summed E-state index contributed by atoms with van der Waals surface area (Å²) in [6.07, 6.45) is 1.12. The first kappa shape index (κ1) is 18.6. The highest BCUT2D eigenvalue weighted by atomic mass is 35.5. The zero-order valence-electron chi connectivity index (χ0n) is 13.2. The molecule has 0 aliphatic heterocycles. The SMILES string of the molecule is CCN(CC)CCCN(CC)Cc1cc(Cl)cc(Cl)c1O. The Kier molecular flexibility index (Phi) is 8.42. The van der Waals surface area contributed by atoms with Crippen molar-refractivity contribution >= 4 is 23.2 Å². The molecule has 3 nitrogen and oxygen atoms in total. The molecule has 5 heteroatoms. The maximum Gasteiger partial charge on any atom is 0.138 e. The highest BCUT2D eigenvalue weighted by Gasteiger charge is 2.12. The van der Waals surface area contributed by atoms with Crippen LogP contribution in [0.1, 0.15) is 32.8 Å². The number of phenolic OH excluding ortho intramolecular Hbond substituents is 1. The van der Waals surface area contributed by atoms with Crippen molar-refractivity contribution in [2.24, 2.45) is 0 Å². The third-order valence-corrected chi connectivity index (χ3v) is 4.30. The van der Waals surface area contributed by atoms with Gasteiger partial charge in [-0.15, -0.1) is 0 Å². The van der Waals surface area contributed by atoms with Gasteiger partial charge in [0.15, 0.2) is 0 Å². The second kappa shape index (κ2) is 9.52. The topological polar surface area (TPSA) is 26.7 Å². The van der Waals surface area contributed by atoms with Crippen LogP contribution in [0.4, 0.5) is 0 Å². The predicted octanol–water partition coefficient (Wildman–Crippen LogP) is 4.25. The Morgan fingerprint density at radius 2 is 1.52 bits per heavy atom. The molecule has 0 heterocycles. The van der Waals surface area contributed by atoms with Crippen LogP contribution in [-0.4, -0.2) is 47.6 Å². The molecular formula is C16H26Cl2N2O. The Morgan fingerprint density at radius 3 is 2.10 bits per heavy atom. The summed E-state index contributed by atoms with van der Waals surface area (Å²) in [6.45, 7) is 12.4. The molecule has 0 bridgehead atoms. The molecule has 0 saturated heterocycles. The fourth-order valence-corrected chi connectivity index (χ4v) is 2.92. The molecule has 0 saturated carbocycles. The fraction of sp³-hybridized carbons (Fsp3) is 0.625. The third kappa shape index (κ3) is 6.03. The Morgan fingerprint density at radius 1 is 0.952 bits per heavy atom. The molecule has 0 radical (unpaired) electrons. The van der Waals surface area contributed by atoms with Gasteiger partial charge in [-0.25, -0.2) is 0 Å². The average Bonchev–Trinajstić information content (AvgIpc) is 2.47. The number of aromatic hydroxyl groups is 1. The lowest BCUT2D eigenvalue weighted by molar-refractivity contribution is 0.236. The summed E-state index contributed by atoms with van der Waals surface area (Å²) in [5.74, 6) is 0.142. The number of rotatable bonds is 9. The predicted molar refractivity (Wildman–Crippen MR) is 91.5 cm³/mol. The smallest absolute Gasteiger partial charge is 0.138 e. The van der Waals surface area contributed by atoms with Gasteiger partial charge in [-0.2, -0.15) is 0 Å². The highest BCUT2D eigenvalue weighted by Crippen LogP contribution is 2.31. The van der Waals surface area contributed by atoms with Gasteiger partial charge in [0.1, 0.15) is 5.75 Å². The average molecular weight is 333 g/mol. The van der Waals surface area contributed by atoms with Crippen molar-refractivity contribution in [1.82, 2.24) is 9.80 Å². The number of phenols is 1. The van der Waals surface area contributed by atoms with Crippen molar-refractivity contribution in [2.75, 3.05) is 32.7 Å². The minimum absolute atomic E-state index is 0.142. The summed E-state index contributed by atoms with van der Waals surface area (Å²) in [5, 5.41) is 10.9. The molecule has 0 aliphatic carbocycles. The monoisotopic (exact) mass is 332 g/mol. The molecule has 0 aliphatic rings. The first-order chi connectivity index (χ1) is 10.0. The quantitative estimate of drug-likeness (QED) is 0.732. The first-order valence-corrected chi connectivity index (χ1v) is 8.38. The second-order valence-electron chi connectivity index (χ2n) is 5.14. The number of benzene rings is 1. The largest absolute Gasteiger partial charge is 0.506 e. The molecule has 1 aromatic carbocycles. The van der Waals surface area contributed by atoms with Crippen LogP contribution >= 0.6 is 23.2 Å². The standard InChI is InChI=1S/C16H26Cl2N2O/c1-4-19(5-2)8-7-9-20(6-3)12-13-10-14(17)11-15(18)16(13)21/h10-11,21H,4-9,12H2,1-3H3. The lowest BCUT2D eigenvalue weighted by Crippen LogP contribution is -2.29. The van der Waals surface area contributed by atoms with Gasteiger partial charge in [-0.05, 0) is 51.3 Å². The maximum atomic E-state index is 10.0. The lowest BCUT2D eigenvalue weighted by atomic mass is 10.2. The molecule has 0 aromatic heterocycles. The lowest BCUT2D eigenvalue weighted by Gasteiger charge is -2.24. The molecule has 1 N–H and O–H groups in total. The van der Waals surface area contributed by atoms with Crippen LogP contribution in [0.25, 0.3) is 0 Å². The van der Waals surface area contributed by atoms with Crippen LogP contribution < -0.4 is 0 Å². The van der Waals surface area contributed by atoms with Crippen LogP contribution in [0.15, 0.2) is 12.1 Å². The normalized spacial score (nSPS) is 11.6. The van der Waals surface area contributed by atoms with Crippen LogP contribution in [0, 0.1) is 0 Å². The van der Waals surface area contributed by atoms with Crippen LogP contribution in [0.2, 0.25) is 10.0 Å². The summed E-state index contributed by atoms with van der Waals surface area (Å²) in [4.78, 5) is 4.72. The molecule has 0 unspecified atom stereocenters. The van der Waals surface area contributed by atoms with Crippen LogP contribution in [0.5, 0.6) is 5.75 Å². The van der Waals surface area contributed by atoms with E-state index in [1.165, 1.54) is 0 Å². The highest BCUT2D eigenvalue weighted by molar-refractivity contribution is 6.35. The van der Waals surface area contributed by atoms with Crippen LogP contribution in [-0.2, 0) is 6.54 Å². The Balaban J connectivity index is 2.58. The van der Waals surface area contributed by atoms with Gasteiger partial charge in [0.2, 0.25) is 0 Å². The van der Waals surface area contributed by atoms with Gasteiger partial charge >= 0.3 is 0 Å². The zero-order chi connectivity index (χ0) is 15.8. The number of nitrogens with zero attached hydrogens (tertiary/aromatic N) is 2. The van der Waals surface area contributed by atoms with Crippen molar-refractivity contribution in [2.45, 2.75) is 33.7 Å². The first-order valence-electron chi connectivity index (χ1n) is 7.63. The molecular weight excluding hydrogens is 307 g/mol. The van der Waals surface area contributed by atoms with Crippen molar-refractivity contribution in [1.29, 1.82) is 0 Å². The van der Waals surface area contributed by atoms with Gasteiger partial charge in [0.05, 0.1) is 5.02 Å². The van der Waals surface area contributed by atoms with E-state index >= 15 is 0 Å². The number of hydrogen-bond acceptors (Lipinski definition) is 3.